The summed E-state index contributed by atoms with van der Waals surface area (Å²) in [6.07, 6.45) is 2.62. The third kappa shape index (κ3) is 4.43. The van der Waals surface area contributed by atoms with Crippen LogP contribution in [-0.2, 0) is 11.2 Å². The molecule has 0 unspecified atom stereocenters. The van der Waals surface area contributed by atoms with Crippen molar-refractivity contribution in [3.63, 3.8) is 0 Å². The van der Waals surface area contributed by atoms with Crippen LogP contribution < -0.4 is 14.8 Å². The number of benzene rings is 2. The van der Waals surface area contributed by atoms with Crippen LogP contribution in [0.1, 0.15) is 25.0 Å². The Hall–Kier alpha value is -3.00. The van der Waals surface area contributed by atoms with E-state index in [-0.39, 0.29) is 17.8 Å². The lowest BCUT2D eigenvalue weighted by molar-refractivity contribution is -0.113. The van der Waals surface area contributed by atoms with Gasteiger partial charge in [0.05, 0.1) is 18.0 Å². The summed E-state index contributed by atoms with van der Waals surface area (Å²) in [4.78, 5) is 12.6. The van der Waals surface area contributed by atoms with E-state index in [1.54, 1.807) is 6.33 Å². The first-order valence-electron chi connectivity index (χ1n) is 9.89. The van der Waals surface area contributed by atoms with Gasteiger partial charge >= 0.3 is 0 Å². The number of rotatable bonds is 7. The molecule has 1 aromatic heterocycles. The van der Waals surface area contributed by atoms with E-state index in [0.717, 1.165) is 23.4 Å². The first kappa shape index (κ1) is 20.3. The number of carbonyl (C=O) groups excluding carboxylic acids is 1. The van der Waals surface area contributed by atoms with Gasteiger partial charge in [0, 0.05) is 23.7 Å². The first-order valence-corrected chi connectivity index (χ1v) is 10.9. The van der Waals surface area contributed by atoms with Gasteiger partial charge in [-0.1, -0.05) is 29.5 Å². The van der Waals surface area contributed by atoms with Gasteiger partial charge in [-0.2, -0.15) is 0 Å². The molecule has 0 radical (unpaired) electrons. The third-order valence-electron chi connectivity index (χ3n) is 4.73. The Bertz CT molecular complexity index is 1050. The van der Waals surface area contributed by atoms with Crippen LogP contribution in [0.4, 0.5) is 5.69 Å². The number of aromatic nitrogens is 3. The van der Waals surface area contributed by atoms with Gasteiger partial charge in [0.1, 0.15) is 23.9 Å². The lowest BCUT2D eigenvalue weighted by Gasteiger charge is -2.13. The zero-order valence-electron chi connectivity index (χ0n) is 17.2. The second-order valence-corrected chi connectivity index (χ2v) is 8.12. The Morgan fingerprint density at radius 1 is 1.33 bits per heavy atom. The molecule has 2 heterocycles. The third-order valence-corrected chi connectivity index (χ3v) is 5.68. The minimum Gasteiger partial charge on any atom is -0.492 e. The first-order chi connectivity index (χ1) is 14.5. The molecule has 0 aliphatic carbocycles. The Labute approximate surface area is 179 Å². The van der Waals surface area contributed by atoms with Crippen molar-refractivity contribution in [1.82, 2.24) is 14.8 Å². The van der Waals surface area contributed by atoms with Gasteiger partial charge in [0.15, 0.2) is 5.16 Å². The van der Waals surface area contributed by atoms with Crippen LogP contribution in [0.3, 0.4) is 0 Å². The SMILES string of the molecule is CCOc1cc2c(cc1NC(=O)CSc1nncn1-c1ccc(C)cc1)O[C@@H](C)C2. The highest BCUT2D eigenvalue weighted by atomic mass is 32.2. The van der Waals surface area contributed by atoms with Crippen LogP contribution in [0.5, 0.6) is 11.5 Å². The molecular formula is C22H24N4O3S. The van der Waals surface area contributed by atoms with E-state index < -0.39 is 0 Å². The molecule has 1 N–H and O–H groups in total. The molecular weight excluding hydrogens is 400 g/mol. The highest BCUT2D eigenvalue weighted by Gasteiger charge is 2.22. The largest absolute Gasteiger partial charge is 0.492 e. The summed E-state index contributed by atoms with van der Waals surface area (Å²) in [7, 11) is 0. The summed E-state index contributed by atoms with van der Waals surface area (Å²) < 4.78 is 13.4. The van der Waals surface area contributed by atoms with Gasteiger partial charge in [-0.3, -0.25) is 9.36 Å². The van der Waals surface area contributed by atoms with Crippen molar-refractivity contribution < 1.29 is 14.3 Å². The van der Waals surface area contributed by atoms with Gasteiger partial charge < -0.3 is 14.8 Å². The van der Waals surface area contributed by atoms with Gasteiger partial charge in [0.25, 0.3) is 0 Å². The van der Waals surface area contributed by atoms with Crippen LogP contribution in [0, 0.1) is 6.92 Å². The number of hydrogen-bond acceptors (Lipinski definition) is 6. The lowest BCUT2D eigenvalue weighted by Crippen LogP contribution is -2.15. The molecule has 7 nitrogen and oxygen atoms in total. The highest BCUT2D eigenvalue weighted by molar-refractivity contribution is 7.99. The molecule has 1 aliphatic heterocycles. The van der Waals surface area contributed by atoms with Crippen molar-refractivity contribution in [2.75, 3.05) is 17.7 Å². The predicted octanol–water partition coefficient (Wildman–Crippen LogP) is 4.03. The average molecular weight is 425 g/mol. The Morgan fingerprint density at radius 2 is 2.13 bits per heavy atom. The number of ether oxygens (including phenoxy) is 2. The molecule has 4 rings (SSSR count). The molecule has 1 aliphatic rings. The minimum atomic E-state index is -0.148. The van der Waals surface area contributed by atoms with Gasteiger partial charge in [-0.15, -0.1) is 10.2 Å². The van der Waals surface area contributed by atoms with E-state index in [1.807, 2.05) is 61.7 Å². The second kappa shape index (κ2) is 8.79. The number of amides is 1. The van der Waals surface area contributed by atoms with Crippen molar-refractivity contribution in [3.05, 3.63) is 53.9 Å². The van der Waals surface area contributed by atoms with Crippen molar-refractivity contribution in [3.8, 4) is 17.2 Å². The molecule has 2 aromatic carbocycles. The molecule has 3 aromatic rings. The summed E-state index contributed by atoms with van der Waals surface area (Å²) >= 11 is 1.33. The number of fused-ring (bicyclic) bond motifs is 1. The quantitative estimate of drug-likeness (QED) is 0.577. The maximum atomic E-state index is 12.6. The van der Waals surface area contributed by atoms with E-state index >= 15 is 0 Å². The van der Waals surface area contributed by atoms with Gasteiger partial charge in [-0.05, 0) is 39.0 Å². The molecule has 1 amide bonds. The van der Waals surface area contributed by atoms with E-state index in [2.05, 4.69) is 15.5 Å². The topological polar surface area (TPSA) is 78.3 Å². The van der Waals surface area contributed by atoms with Crippen LogP contribution in [0.2, 0.25) is 0 Å². The fourth-order valence-corrected chi connectivity index (χ4v) is 4.06. The van der Waals surface area contributed by atoms with Gasteiger partial charge in [-0.25, -0.2) is 0 Å². The maximum Gasteiger partial charge on any atom is 0.234 e. The Balaban J connectivity index is 1.45. The van der Waals surface area contributed by atoms with Crippen molar-refractivity contribution >= 4 is 23.4 Å². The molecule has 0 saturated heterocycles. The average Bonchev–Trinajstić information content (AvgIpc) is 3.33. The van der Waals surface area contributed by atoms with Crippen molar-refractivity contribution in [1.29, 1.82) is 0 Å². The summed E-state index contributed by atoms with van der Waals surface area (Å²) in [5.41, 5.74) is 3.86. The van der Waals surface area contributed by atoms with Crippen molar-refractivity contribution in [2.45, 2.75) is 38.5 Å². The van der Waals surface area contributed by atoms with Gasteiger partial charge in [0.2, 0.25) is 5.91 Å². The number of nitrogens with one attached hydrogen (secondary N) is 1. The van der Waals surface area contributed by atoms with Crippen LogP contribution >= 0.6 is 11.8 Å². The second-order valence-electron chi connectivity index (χ2n) is 7.18. The molecule has 0 fully saturated rings. The minimum absolute atomic E-state index is 0.129. The molecule has 0 bridgehead atoms. The molecule has 0 saturated carbocycles. The fourth-order valence-electron chi connectivity index (χ4n) is 3.33. The highest BCUT2D eigenvalue weighted by Crippen LogP contribution is 2.38. The smallest absolute Gasteiger partial charge is 0.234 e. The number of hydrogen-bond donors (Lipinski definition) is 1. The Morgan fingerprint density at radius 3 is 2.90 bits per heavy atom. The van der Waals surface area contributed by atoms with E-state index in [0.29, 0.717) is 23.2 Å². The summed E-state index contributed by atoms with van der Waals surface area (Å²) in [6, 6.07) is 11.9. The normalized spacial score (nSPS) is 14.8. The number of thioether (sulfide) groups is 1. The number of nitrogens with zero attached hydrogens (tertiary/aromatic N) is 3. The van der Waals surface area contributed by atoms with Crippen LogP contribution in [0.15, 0.2) is 47.9 Å². The number of carbonyl (C=O) groups is 1. The molecule has 1 atom stereocenters. The monoisotopic (exact) mass is 424 g/mol. The number of aryl methyl sites for hydroxylation is 1. The summed E-state index contributed by atoms with van der Waals surface area (Å²) in [6.45, 7) is 6.51. The zero-order valence-corrected chi connectivity index (χ0v) is 18.0. The zero-order chi connectivity index (χ0) is 21.1. The van der Waals surface area contributed by atoms with Crippen LogP contribution in [-0.4, -0.2) is 39.1 Å². The van der Waals surface area contributed by atoms with E-state index in [9.17, 15) is 4.79 Å². The summed E-state index contributed by atoms with van der Waals surface area (Å²) in [5.74, 6) is 1.51. The maximum absolute atomic E-state index is 12.6. The molecule has 156 valence electrons. The molecule has 8 heteroatoms. The van der Waals surface area contributed by atoms with Crippen LogP contribution in [0.25, 0.3) is 5.69 Å². The molecule has 30 heavy (non-hydrogen) atoms. The summed E-state index contributed by atoms with van der Waals surface area (Å²) in [5, 5.41) is 11.7. The lowest BCUT2D eigenvalue weighted by atomic mass is 10.1. The standard InChI is InChI=1S/C22H24N4O3S/c1-4-28-20-10-16-9-15(3)29-19(16)11-18(20)24-21(27)12-30-22-25-23-13-26(22)17-7-5-14(2)6-8-17/h5-8,10-11,13,15H,4,9,12H2,1-3H3,(H,24,27)/t15-/m0/s1. The molecule has 0 spiro atoms. The van der Waals surface area contributed by atoms with E-state index in [4.69, 9.17) is 9.47 Å². The number of anilines is 1. The van der Waals surface area contributed by atoms with E-state index in [1.165, 1.54) is 17.3 Å². The fraction of sp³-hybridized carbons (Fsp3) is 0.318. The Kier molecular flexibility index (Phi) is 5.94. The predicted molar refractivity (Wildman–Crippen MR) is 117 cm³/mol. The van der Waals surface area contributed by atoms with Crippen molar-refractivity contribution in [2.24, 2.45) is 0 Å².